The molecule has 1 fully saturated rings. The Labute approximate surface area is 202 Å². The number of nitrogens with one attached hydrogen (secondary N) is 1. The monoisotopic (exact) mass is 508 g/mol. The Bertz CT molecular complexity index is 1260. The predicted molar refractivity (Wildman–Crippen MR) is 118 cm³/mol. The number of rotatable bonds is 6. The predicted octanol–water partition coefficient (Wildman–Crippen LogP) is 3.43. The summed E-state index contributed by atoms with van der Waals surface area (Å²) in [5, 5.41) is 32.3. The van der Waals surface area contributed by atoms with Gasteiger partial charge in [0.1, 0.15) is 29.7 Å². The average Bonchev–Trinajstić information content (AvgIpc) is 3.33. The summed E-state index contributed by atoms with van der Waals surface area (Å²) in [6.07, 6.45) is -1.93. The van der Waals surface area contributed by atoms with E-state index >= 15 is 0 Å². The summed E-state index contributed by atoms with van der Waals surface area (Å²) in [7, 11) is 0. The standard InChI is InChI=1S/C22H20ClF3N6O3/c23-12-3-1-2-10(4-12)20(27)21(29-28)17-7-16(22(34)18(9-33)35-17)32-8-15(30-31-32)11-5-13(24)19(26)14(25)6-11/h1-6,8,16-18,22,28,33-34H,7,9,27H2/b21-20-,29-28?. The second-order valence-electron chi connectivity index (χ2n) is 7.90. The van der Waals surface area contributed by atoms with Gasteiger partial charge in [-0.2, -0.15) is 5.11 Å². The van der Waals surface area contributed by atoms with Gasteiger partial charge in [-0.1, -0.05) is 28.9 Å². The first-order valence-corrected chi connectivity index (χ1v) is 10.8. The number of benzene rings is 2. The van der Waals surface area contributed by atoms with E-state index in [0.29, 0.717) is 10.6 Å². The number of hydrogen-bond donors (Lipinski definition) is 4. The third kappa shape index (κ3) is 4.91. The number of halogens is 4. The smallest absolute Gasteiger partial charge is 0.194 e. The molecule has 4 atom stereocenters. The van der Waals surface area contributed by atoms with Gasteiger partial charge in [0.15, 0.2) is 17.5 Å². The second-order valence-corrected chi connectivity index (χ2v) is 8.33. The molecule has 2 heterocycles. The highest BCUT2D eigenvalue weighted by Crippen LogP contribution is 2.35. The molecule has 1 saturated heterocycles. The molecule has 0 spiro atoms. The maximum atomic E-state index is 13.7. The van der Waals surface area contributed by atoms with Crippen molar-refractivity contribution in [2.24, 2.45) is 10.8 Å². The van der Waals surface area contributed by atoms with E-state index in [9.17, 15) is 23.4 Å². The summed E-state index contributed by atoms with van der Waals surface area (Å²) in [6, 6.07) is 7.31. The van der Waals surface area contributed by atoms with Crippen LogP contribution in [-0.4, -0.2) is 50.1 Å². The SMILES string of the molecule is N=N/C(=C(\N)c1cccc(Cl)c1)C1CC(n2cc(-c3cc(F)c(F)c(F)c3)nn2)C(O)C(CO)O1. The van der Waals surface area contributed by atoms with Gasteiger partial charge < -0.3 is 20.7 Å². The van der Waals surface area contributed by atoms with Crippen molar-refractivity contribution in [3.63, 3.8) is 0 Å². The van der Waals surface area contributed by atoms with Crippen molar-refractivity contribution in [2.75, 3.05) is 6.61 Å². The number of ether oxygens (including phenoxy) is 1. The second kappa shape index (κ2) is 10.1. The van der Waals surface area contributed by atoms with E-state index in [1.807, 2.05) is 0 Å². The van der Waals surface area contributed by atoms with Crippen LogP contribution >= 0.6 is 11.6 Å². The zero-order valence-electron chi connectivity index (χ0n) is 17.9. The molecule has 184 valence electrons. The van der Waals surface area contributed by atoms with Crippen molar-refractivity contribution < 1.29 is 28.1 Å². The van der Waals surface area contributed by atoms with Gasteiger partial charge >= 0.3 is 0 Å². The van der Waals surface area contributed by atoms with Crippen LogP contribution in [0.4, 0.5) is 13.2 Å². The molecule has 35 heavy (non-hydrogen) atoms. The quantitative estimate of drug-likeness (QED) is 0.297. The first kappa shape index (κ1) is 24.8. The minimum Gasteiger partial charge on any atom is -0.397 e. The van der Waals surface area contributed by atoms with Gasteiger partial charge in [0.25, 0.3) is 0 Å². The van der Waals surface area contributed by atoms with Crippen LogP contribution in [-0.2, 0) is 4.74 Å². The summed E-state index contributed by atoms with van der Waals surface area (Å²) < 4.78 is 47.6. The zero-order valence-corrected chi connectivity index (χ0v) is 18.7. The van der Waals surface area contributed by atoms with Crippen molar-refractivity contribution in [2.45, 2.75) is 30.8 Å². The van der Waals surface area contributed by atoms with E-state index in [2.05, 4.69) is 15.4 Å². The molecule has 1 aromatic heterocycles. The molecule has 1 aliphatic heterocycles. The summed E-state index contributed by atoms with van der Waals surface area (Å²) in [5.41, 5.74) is 14.5. The maximum absolute atomic E-state index is 13.7. The van der Waals surface area contributed by atoms with Crippen LogP contribution in [0.5, 0.6) is 0 Å². The third-order valence-electron chi connectivity index (χ3n) is 5.72. The van der Waals surface area contributed by atoms with Gasteiger partial charge in [-0.05, 0) is 24.3 Å². The average molecular weight is 509 g/mol. The van der Waals surface area contributed by atoms with E-state index < -0.39 is 48.4 Å². The first-order valence-electron chi connectivity index (χ1n) is 10.4. The highest BCUT2D eigenvalue weighted by molar-refractivity contribution is 6.30. The van der Waals surface area contributed by atoms with Crippen molar-refractivity contribution in [3.05, 3.63) is 76.3 Å². The molecule has 1 aliphatic rings. The number of aromatic nitrogens is 3. The Morgan fingerprint density at radius 1 is 1.26 bits per heavy atom. The van der Waals surface area contributed by atoms with Crippen molar-refractivity contribution in [3.8, 4) is 11.3 Å². The normalized spacial score (nSPS) is 23.1. The lowest BCUT2D eigenvalue weighted by Crippen LogP contribution is -2.48. The molecular formula is C22H20ClF3N6O3. The molecular weight excluding hydrogens is 489 g/mol. The Kier molecular flexibility index (Phi) is 7.17. The molecule has 4 unspecified atom stereocenters. The fraction of sp³-hybridized carbons (Fsp3) is 0.273. The van der Waals surface area contributed by atoms with Gasteiger partial charge in [-0.25, -0.2) is 23.4 Å². The van der Waals surface area contributed by atoms with E-state index in [-0.39, 0.29) is 29.1 Å². The molecule has 2 aromatic carbocycles. The number of nitrogens with two attached hydrogens (primary N) is 1. The van der Waals surface area contributed by atoms with Gasteiger partial charge in [0, 0.05) is 22.6 Å². The Balaban J connectivity index is 1.68. The summed E-state index contributed by atoms with van der Waals surface area (Å²) in [4.78, 5) is 0. The van der Waals surface area contributed by atoms with Gasteiger partial charge in [-0.3, -0.25) is 0 Å². The van der Waals surface area contributed by atoms with Gasteiger partial charge in [-0.15, -0.1) is 5.10 Å². The summed E-state index contributed by atoms with van der Waals surface area (Å²) >= 11 is 6.03. The molecule has 0 radical (unpaired) electrons. The molecule has 9 nitrogen and oxygen atoms in total. The highest BCUT2D eigenvalue weighted by Gasteiger charge is 2.41. The molecule has 0 bridgehead atoms. The van der Waals surface area contributed by atoms with Crippen LogP contribution in [0.3, 0.4) is 0 Å². The largest absolute Gasteiger partial charge is 0.397 e. The summed E-state index contributed by atoms with van der Waals surface area (Å²) in [5.74, 6) is -4.38. The lowest BCUT2D eigenvalue weighted by Gasteiger charge is -2.38. The van der Waals surface area contributed by atoms with E-state index in [1.165, 1.54) is 10.9 Å². The van der Waals surface area contributed by atoms with Crippen molar-refractivity contribution in [1.82, 2.24) is 15.0 Å². The minimum absolute atomic E-state index is 0.0194. The van der Waals surface area contributed by atoms with Crippen LogP contribution in [0.1, 0.15) is 18.0 Å². The van der Waals surface area contributed by atoms with Crippen LogP contribution < -0.4 is 5.73 Å². The van der Waals surface area contributed by atoms with Crippen molar-refractivity contribution in [1.29, 1.82) is 5.53 Å². The Morgan fingerprint density at radius 3 is 2.60 bits per heavy atom. The van der Waals surface area contributed by atoms with E-state index in [0.717, 1.165) is 12.1 Å². The number of aliphatic hydroxyl groups is 2. The van der Waals surface area contributed by atoms with Crippen LogP contribution in [0.15, 0.2) is 53.4 Å². The Morgan fingerprint density at radius 2 is 1.97 bits per heavy atom. The minimum atomic E-state index is -1.61. The third-order valence-corrected chi connectivity index (χ3v) is 5.95. The number of hydrogen-bond acceptors (Lipinski definition) is 8. The fourth-order valence-corrected chi connectivity index (χ4v) is 4.12. The number of aliphatic hydroxyl groups excluding tert-OH is 2. The van der Waals surface area contributed by atoms with Gasteiger partial charge in [0.05, 0.1) is 24.5 Å². The lowest BCUT2D eigenvalue weighted by atomic mass is 9.93. The molecule has 0 saturated carbocycles. The van der Waals surface area contributed by atoms with E-state index in [4.69, 9.17) is 27.6 Å². The summed E-state index contributed by atoms with van der Waals surface area (Å²) in [6.45, 7) is -0.563. The number of nitrogens with zero attached hydrogens (tertiary/aromatic N) is 4. The molecule has 5 N–H and O–H groups in total. The van der Waals surface area contributed by atoms with Gasteiger partial charge in [0.2, 0.25) is 0 Å². The molecule has 4 rings (SSSR count). The molecule has 13 heteroatoms. The Hall–Kier alpha value is -3.32. The molecule has 0 amide bonds. The van der Waals surface area contributed by atoms with E-state index in [1.54, 1.807) is 24.3 Å². The fourth-order valence-electron chi connectivity index (χ4n) is 3.93. The van der Waals surface area contributed by atoms with Crippen LogP contribution in [0, 0.1) is 23.0 Å². The lowest BCUT2D eigenvalue weighted by molar-refractivity contribution is -0.145. The maximum Gasteiger partial charge on any atom is 0.194 e. The van der Waals surface area contributed by atoms with Crippen molar-refractivity contribution >= 4 is 17.3 Å². The van der Waals surface area contributed by atoms with Crippen LogP contribution in [0.25, 0.3) is 17.0 Å². The topological polar surface area (TPSA) is 143 Å². The molecule has 3 aromatic rings. The zero-order chi connectivity index (χ0) is 25.3. The highest BCUT2D eigenvalue weighted by atomic mass is 35.5. The van der Waals surface area contributed by atoms with Crippen LogP contribution in [0.2, 0.25) is 5.02 Å². The molecule has 0 aliphatic carbocycles. The first-order chi connectivity index (χ1) is 16.7.